The number of rotatable bonds is 20. The average molecular weight is 714 g/mol. The van der Waals surface area contributed by atoms with Crippen LogP contribution in [0.3, 0.4) is 0 Å². The van der Waals surface area contributed by atoms with E-state index < -0.39 is 75.9 Å². The summed E-state index contributed by atoms with van der Waals surface area (Å²) in [6.07, 6.45) is -1.57. The highest BCUT2D eigenvalue weighted by molar-refractivity contribution is 6.21. The molecule has 4 amide bonds. The Balaban J connectivity index is 1.86. The number of hydrogen-bond acceptors (Lipinski definition) is 11. The van der Waals surface area contributed by atoms with Crippen molar-refractivity contribution >= 4 is 47.1 Å². The number of nitro groups is 2. The van der Waals surface area contributed by atoms with Gasteiger partial charge in [0.1, 0.15) is 17.5 Å². The van der Waals surface area contributed by atoms with E-state index in [1.807, 2.05) is 4.90 Å². The molecule has 274 valence electrons. The van der Waals surface area contributed by atoms with Gasteiger partial charge < -0.3 is 15.3 Å². The number of urea groups is 1. The van der Waals surface area contributed by atoms with Crippen LogP contribution in [0.25, 0.3) is 0 Å². The number of amides is 4. The van der Waals surface area contributed by atoms with Gasteiger partial charge >= 0.3 is 23.9 Å². The number of aliphatic carboxylic acids is 3. The molecule has 1 saturated heterocycles. The van der Waals surface area contributed by atoms with Crippen LogP contribution in [-0.4, -0.2) is 94.2 Å². The summed E-state index contributed by atoms with van der Waals surface area (Å²) < 4.78 is 0. The average Bonchev–Trinajstić information content (AvgIpc) is 3.07. The second-order valence-electron chi connectivity index (χ2n) is 12.1. The first-order valence-corrected chi connectivity index (χ1v) is 16.2. The Labute approximate surface area is 291 Å². The van der Waals surface area contributed by atoms with E-state index in [1.165, 1.54) is 38.1 Å². The van der Waals surface area contributed by atoms with Crippen LogP contribution in [-0.2, 0) is 37.1 Å². The first kappa shape index (κ1) is 39.7. The summed E-state index contributed by atoms with van der Waals surface area (Å²) in [6.45, 7) is 3.84. The molecule has 2 aromatic rings. The third kappa shape index (κ3) is 9.27. The van der Waals surface area contributed by atoms with Crippen LogP contribution >= 0.6 is 0 Å². The summed E-state index contributed by atoms with van der Waals surface area (Å²) in [5, 5.41) is 51.4. The maximum absolute atomic E-state index is 13.8. The van der Waals surface area contributed by atoms with Gasteiger partial charge in [-0.1, -0.05) is 38.1 Å². The minimum Gasteiger partial charge on any atom is -0.481 e. The van der Waals surface area contributed by atoms with Gasteiger partial charge in [0.05, 0.1) is 9.85 Å². The quantitative estimate of drug-likeness (QED) is 0.0757. The van der Waals surface area contributed by atoms with E-state index in [9.17, 15) is 59.2 Å². The molecule has 3 N–H and O–H groups in total. The Bertz CT molecular complexity index is 1600. The van der Waals surface area contributed by atoms with Gasteiger partial charge in [-0.3, -0.25) is 39.5 Å². The largest absolute Gasteiger partial charge is 0.481 e. The van der Waals surface area contributed by atoms with Crippen molar-refractivity contribution in [1.29, 1.82) is 0 Å². The lowest BCUT2D eigenvalue weighted by atomic mass is 9.77. The van der Waals surface area contributed by atoms with Gasteiger partial charge in [0.2, 0.25) is 11.8 Å². The SMILES string of the molecule is CCC1(CC)C(=O)N(C(CCCCN(Cc2ccc([N+](=O)[O-])cc2)Cc2ccc([N+](=O)[O-])cc2)C(=O)O)C(=O)N([C@@H](CCC(=O)O)C(=O)O)C1=O. The molecule has 1 heterocycles. The number of hydrogen-bond donors (Lipinski definition) is 3. The molecule has 51 heavy (non-hydrogen) atoms. The molecule has 0 aliphatic carbocycles. The predicted octanol–water partition coefficient (Wildman–Crippen LogP) is 4.04. The van der Waals surface area contributed by atoms with E-state index in [-0.39, 0.29) is 37.1 Å². The van der Waals surface area contributed by atoms with Crippen molar-refractivity contribution in [1.82, 2.24) is 14.7 Å². The number of unbranched alkanes of at least 4 members (excludes halogenated alkanes) is 1. The summed E-state index contributed by atoms with van der Waals surface area (Å²) in [6, 6.07) is 6.51. The number of carbonyl (C=O) groups is 6. The Morgan fingerprint density at radius 3 is 1.49 bits per heavy atom. The van der Waals surface area contributed by atoms with Crippen LogP contribution in [0.15, 0.2) is 48.5 Å². The van der Waals surface area contributed by atoms with Crippen molar-refractivity contribution in [3.05, 3.63) is 79.9 Å². The molecule has 1 unspecified atom stereocenters. The molecule has 1 aliphatic heterocycles. The smallest absolute Gasteiger partial charge is 0.335 e. The zero-order valence-electron chi connectivity index (χ0n) is 28.0. The molecule has 2 atom stereocenters. The van der Waals surface area contributed by atoms with Gasteiger partial charge in [0, 0.05) is 43.8 Å². The number of benzene rings is 2. The van der Waals surface area contributed by atoms with Crippen molar-refractivity contribution in [2.45, 2.75) is 84.0 Å². The summed E-state index contributed by atoms with van der Waals surface area (Å²) in [4.78, 5) is 101. The standard InChI is InChI=1S/C33H39N5O13/c1-3-33(4-2)30(45)35(32(47)36(31(33)46)26(29(43)44)16-17-27(39)40)25(28(41)42)7-5-6-18-34(19-21-8-12-23(13-9-21)37(48)49)20-22-10-14-24(15-11-22)38(50)51/h8-15,25-26H,3-7,16-20H2,1-2H3,(H,39,40)(H,41,42)(H,43,44)/t25?,26-/m0/s1. The van der Waals surface area contributed by atoms with E-state index in [0.29, 0.717) is 47.0 Å². The molecule has 1 fully saturated rings. The first-order chi connectivity index (χ1) is 24.1. The minimum absolute atomic E-state index is 0.103. The van der Waals surface area contributed by atoms with Crippen LogP contribution in [0.4, 0.5) is 16.2 Å². The maximum atomic E-state index is 13.8. The molecule has 0 bridgehead atoms. The topological polar surface area (TPSA) is 259 Å². The van der Waals surface area contributed by atoms with Crippen LogP contribution in [0.1, 0.15) is 69.9 Å². The van der Waals surface area contributed by atoms with Gasteiger partial charge in [-0.05, 0) is 56.2 Å². The van der Waals surface area contributed by atoms with Crippen molar-refractivity contribution in [2.24, 2.45) is 5.41 Å². The normalized spacial score (nSPS) is 15.5. The van der Waals surface area contributed by atoms with Gasteiger partial charge in [0.25, 0.3) is 11.4 Å². The number of carboxylic acid groups (broad SMARTS) is 3. The maximum Gasteiger partial charge on any atom is 0.335 e. The number of carboxylic acids is 3. The lowest BCUT2D eigenvalue weighted by Gasteiger charge is -2.46. The molecule has 0 spiro atoms. The highest BCUT2D eigenvalue weighted by Crippen LogP contribution is 2.39. The molecule has 18 nitrogen and oxygen atoms in total. The molecule has 2 aromatic carbocycles. The monoisotopic (exact) mass is 713 g/mol. The minimum atomic E-state index is -1.96. The zero-order valence-corrected chi connectivity index (χ0v) is 28.0. The number of non-ortho nitro benzene ring substituents is 2. The molecule has 18 heteroatoms. The molecular weight excluding hydrogens is 674 g/mol. The van der Waals surface area contributed by atoms with Crippen LogP contribution in [0.2, 0.25) is 0 Å². The Morgan fingerprint density at radius 2 is 1.14 bits per heavy atom. The van der Waals surface area contributed by atoms with Crippen molar-refractivity contribution in [3.8, 4) is 0 Å². The van der Waals surface area contributed by atoms with E-state index in [2.05, 4.69) is 0 Å². The molecule has 0 radical (unpaired) electrons. The number of carbonyl (C=O) groups excluding carboxylic acids is 3. The van der Waals surface area contributed by atoms with E-state index in [4.69, 9.17) is 5.11 Å². The second-order valence-corrected chi connectivity index (χ2v) is 12.1. The third-order valence-corrected chi connectivity index (χ3v) is 9.01. The van der Waals surface area contributed by atoms with Gasteiger partial charge in [-0.25, -0.2) is 24.2 Å². The molecule has 0 saturated carbocycles. The van der Waals surface area contributed by atoms with Crippen LogP contribution < -0.4 is 0 Å². The number of barbiturate groups is 1. The molecule has 3 rings (SSSR count). The number of nitrogens with zero attached hydrogens (tertiary/aromatic N) is 5. The third-order valence-electron chi connectivity index (χ3n) is 9.01. The fourth-order valence-electron chi connectivity index (χ4n) is 6.08. The molecule has 0 aromatic heterocycles. The first-order valence-electron chi connectivity index (χ1n) is 16.2. The van der Waals surface area contributed by atoms with Crippen molar-refractivity contribution < 1.29 is 53.9 Å². The molecule has 1 aliphatic rings. The lowest BCUT2D eigenvalue weighted by Crippen LogP contribution is -2.70. The Hall–Kier alpha value is -5.78. The fourth-order valence-corrected chi connectivity index (χ4v) is 6.08. The summed E-state index contributed by atoms with van der Waals surface area (Å²) in [7, 11) is 0. The fraction of sp³-hybridized carbons (Fsp3) is 0.455. The van der Waals surface area contributed by atoms with Crippen LogP contribution in [0, 0.1) is 25.6 Å². The summed E-state index contributed by atoms with van der Waals surface area (Å²) in [5.41, 5.74) is -0.730. The Kier molecular flexibility index (Phi) is 13.4. The van der Waals surface area contributed by atoms with Crippen molar-refractivity contribution in [2.75, 3.05) is 6.54 Å². The van der Waals surface area contributed by atoms with Gasteiger partial charge in [-0.2, -0.15) is 0 Å². The van der Waals surface area contributed by atoms with E-state index in [1.54, 1.807) is 24.3 Å². The zero-order chi connectivity index (χ0) is 38.0. The van der Waals surface area contributed by atoms with Crippen molar-refractivity contribution in [3.63, 3.8) is 0 Å². The Morgan fingerprint density at radius 1 is 0.725 bits per heavy atom. The number of nitro benzene ring substituents is 2. The highest BCUT2D eigenvalue weighted by atomic mass is 16.6. The van der Waals surface area contributed by atoms with Gasteiger partial charge in [-0.15, -0.1) is 0 Å². The van der Waals surface area contributed by atoms with Gasteiger partial charge in [0.15, 0.2) is 0 Å². The number of imide groups is 2. The summed E-state index contributed by atoms with van der Waals surface area (Å²) in [5.74, 6) is -6.86. The lowest BCUT2D eigenvalue weighted by molar-refractivity contribution is -0.385. The highest BCUT2D eigenvalue weighted by Gasteiger charge is 2.59. The molecular formula is C33H39N5O13. The van der Waals surface area contributed by atoms with E-state index in [0.717, 1.165) is 0 Å². The van der Waals surface area contributed by atoms with E-state index >= 15 is 0 Å². The predicted molar refractivity (Wildman–Crippen MR) is 176 cm³/mol. The summed E-state index contributed by atoms with van der Waals surface area (Å²) >= 11 is 0. The van der Waals surface area contributed by atoms with Crippen LogP contribution in [0.5, 0.6) is 0 Å². The second kappa shape index (κ2) is 17.2.